The van der Waals surface area contributed by atoms with E-state index in [-0.39, 0.29) is 0 Å². The summed E-state index contributed by atoms with van der Waals surface area (Å²) in [5.41, 5.74) is 7.36. The van der Waals surface area contributed by atoms with Crippen LogP contribution in [0.1, 0.15) is 18.4 Å². The van der Waals surface area contributed by atoms with E-state index in [1.165, 1.54) is 6.20 Å². The second-order valence-electron chi connectivity index (χ2n) is 5.65. The molecule has 3 rings (SSSR count). The van der Waals surface area contributed by atoms with Gasteiger partial charge in [-0.15, -0.1) is 0 Å². The topological polar surface area (TPSA) is 102 Å². The van der Waals surface area contributed by atoms with Crippen molar-refractivity contribution in [2.24, 2.45) is 5.73 Å². The van der Waals surface area contributed by atoms with Crippen LogP contribution in [0.4, 0.5) is 11.4 Å². The van der Waals surface area contributed by atoms with Crippen molar-refractivity contribution in [3.8, 4) is 0 Å². The largest absolute Gasteiger partial charge is 0.369 e. The molecule has 1 atom stereocenters. The summed E-state index contributed by atoms with van der Waals surface area (Å²) >= 11 is 0. The van der Waals surface area contributed by atoms with Gasteiger partial charge in [0.25, 0.3) is 0 Å². The molecular formula is C18H16N4O3. The number of nitrogens with two attached hydrogens (primary N) is 1. The van der Waals surface area contributed by atoms with Crippen LogP contribution in [0, 0.1) is 10.1 Å². The maximum absolute atomic E-state index is 11.7. The maximum Gasteiger partial charge on any atom is 0.224 e. The number of fused-ring (bicyclic) bond motifs is 1. The van der Waals surface area contributed by atoms with Gasteiger partial charge in [-0.25, -0.2) is 10.1 Å². The SMILES string of the molecule is CC(C(N)=O)c1cccc(N(c2cnc3ccccc3c2)[N+](=O)[O-])c1. The predicted octanol–water partition coefficient (Wildman–Crippen LogP) is 3.15. The zero-order valence-corrected chi connectivity index (χ0v) is 13.5. The van der Waals surface area contributed by atoms with E-state index in [2.05, 4.69) is 4.98 Å². The first-order valence-electron chi connectivity index (χ1n) is 7.66. The van der Waals surface area contributed by atoms with Crippen molar-refractivity contribution in [3.63, 3.8) is 0 Å². The Balaban J connectivity index is 2.08. The van der Waals surface area contributed by atoms with Gasteiger partial charge < -0.3 is 5.73 Å². The van der Waals surface area contributed by atoms with Crippen molar-refractivity contribution >= 4 is 28.2 Å². The van der Waals surface area contributed by atoms with Gasteiger partial charge in [-0.2, -0.15) is 0 Å². The van der Waals surface area contributed by atoms with Gasteiger partial charge >= 0.3 is 0 Å². The number of amides is 1. The molecule has 0 radical (unpaired) electrons. The molecule has 0 spiro atoms. The van der Waals surface area contributed by atoms with E-state index >= 15 is 0 Å². The average Bonchev–Trinajstić information content (AvgIpc) is 2.61. The van der Waals surface area contributed by atoms with Crippen molar-refractivity contribution in [1.29, 1.82) is 0 Å². The van der Waals surface area contributed by atoms with E-state index in [9.17, 15) is 14.9 Å². The fourth-order valence-electron chi connectivity index (χ4n) is 2.60. The third kappa shape index (κ3) is 3.25. The molecule has 1 amide bonds. The van der Waals surface area contributed by atoms with Crippen molar-refractivity contribution < 1.29 is 9.83 Å². The van der Waals surface area contributed by atoms with E-state index in [4.69, 9.17) is 5.73 Å². The number of hydrazine groups is 1. The van der Waals surface area contributed by atoms with Crippen LogP contribution in [-0.2, 0) is 4.79 Å². The number of para-hydroxylation sites is 1. The summed E-state index contributed by atoms with van der Waals surface area (Å²) < 4.78 is 0. The number of benzene rings is 2. The molecule has 126 valence electrons. The minimum Gasteiger partial charge on any atom is -0.369 e. The molecule has 0 saturated carbocycles. The van der Waals surface area contributed by atoms with Gasteiger partial charge in [0, 0.05) is 5.39 Å². The van der Waals surface area contributed by atoms with Crippen LogP contribution in [-0.4, -0.2) is 15.9 Å². The molecule has 0 fully saturated rings. The zero-order chi connectivity index (χ0) is 18.0. The van der Waals surface area contributed by atoms with Crippen LogP contribution in [0.2, 0.25) is 0 Å². The highest BCUT2D eigenvalue weighted by Gasteiger charge is 2.22. The van der Waals surface area contributed by atoms with Gasteiger partial charge in [0.05, 0.1) is 17.6 Å². The predicted molar refractivity (Wildman–Crippen MR) is 94.9 cm³/mol. The Morgan fingerprint density at radius 1 is 1.16 bits per heavy atom. The Bertz CT molecular complexity index is 958. The van der Waals surface area contributed by atoms with Crippen molar-refractivity contribution in [3.05, 3.63) is 76.5 Å². The summed E-state index contributed by atoms with van der Waals surface area (Å²) in [7, 11) is 0. The lowest BCUT2D eigenvalue weighted by atomic mass is 10.00. The summed E-state index contributed by atoms with van der Waals surface area (Å²) in [5.74, 6) is -1.03. The Kier molecular flexibility index (Phi) is 4.30. The molecule has 7 nitrogen and oxygen atoms in total. The van der Waals surface area contributed by atoms with E-state index < -0.39 is 16.9 Å². The molecule has 0 saturated heterocycles. The third-order valence-electron chi connectivity index (χ3n) is 4.03. The van der Waals surface area contributed by atoms with Crippen molar-refractivity contribution in [2.45, 2.75) is 12.8 Å². The number of carbonyl (C=O) groups excluding carboxylic acids is 1. The minimum atomic E-state index is -0.539. The van der Waals surface area contributed by atoms with Gasteiger partial charge in [-0.05, 0) is 36.8 Å². The van der Waals surface area contributed by atoms with Crippen LogP contribution in [0.5, 0.6) is 0 Å². The Morgan fingerprint density at radius 3 is 2.64 bits per heavy atom. The Labute approximate surface area is 143 Å². The van der Waals surface area contributed by atoms with Gasteiger partial charge in [0.15, 0.2) is 5.03 Å². The van der Waals surface area contributed by atoms with Gasteiger partial charge in [0.1, 0.15) is 11.4 Å². The number of aromatic nitrogens is 1. The smallest absolute Gasteiger partial charge is 0.224 e. The van der Waals surface area contributed by atoms with Gasteiger partial charge in [-0.3, -0.25) is 9.78 Å². The number of hydrogen-bond donors (Lipinski definition) is 1. The second kappa shape index (κ2) is 6.56. The molecule has 0 aliphatic heterocycles. The van der Waals surface area contributed by atoms with Crippen LogP contribution >= 0.6 is 0 Å². The van der Waals surface area contributed by atoms with E-state index in [1.54, 1.807) is 37.3 Å². The number of primary amides is 1. The number of carbonyl (C=O) groups is 1. The fraction of sp³-hybridized carbons (Fsp3) is 0.111. The number of anilines is 2. The Hall–Kier alpha value is -3.48. The summed E-state index contributed by atoms with van der Waals surface area (Å²) in [4.78, 5) is 27.3. The van der Waals surface area contributed by atoms with Crippen LogP contribution in [0.3, 0.4) is 0 Å². The van der Waals surface area contributed by atoms with E-state index in [0.29, 0.717) is 16.9 Å². The standard InChI is InChI=1S/C18H16N4O3/c1-12(18(19)23)13-6-4-7-15(9-13)21(22(24)25)16-10-14-5-2-3-8-17(14)20-11-16/h2-12H,1H3,(H2,19,23). The number of pyridine rings is 1. The molecule has 7 heteroatoms. The molecule has 1 unspecified atom stereocenters. The number of rotatable bonds is 5. The van der Waals surface area contributed by atoms with Gasteiger partial charge in [0.2, 0.25) is 5.91 Å². The first-order chi connectivity index (χ1) is 12.0. The molecule has 0 aliphatic rings. The molecular weight excluding hydrogens is 320 g/mol. The van der Waals surface area contributed by atoms with Crippen LogP contribution in [0.25, 0.3) is 10.9 Å². The highest BCUT2D eigenvalue weighted by atomic mass is 16.7. The molecule has 3 aromatic rings. The first kappa shape index (κ1) is 16.4. The molecule has 2 aromatic carbocycles. The minimum absolute atomic E-state index is 0.326. The maximum atomic E-state index is 11.7. The molecule has 1 aromatic heterocycles. The average molecular weight is 336 g/mol. The van der Waals surface area contributed by atoms with Gasteiger partial charge in [-0.1, -0.05) is 35.3 Å². The normalized spacial score (nSPS) is 11.9. The van der Waals surface area contributed by atoms with Crippen LogP contribution < -0.4 is 10.7 Å². The molecule has 0 bridgehead atoms. The lowest BCUT2D eigenvalue weighted by molar-refractivity contribution is -0.483. The van der Waals surface area contributed by atoms with Crippen LogP contribution in [0.15, 0.2) is 60.8 Å². The highest BCUT2D eigenvalue weighted by Crippen LogP contribution is 2.29. The summed E-state index contributed by atoms with van der Waals surface area (Å²) in [6.45, 7) is 1.66. The van der Waals surface area contributed by atoms with Crippen molar-refractivity contribution in [2.75, 3.05) is 5.01 Å². The number of nitro groups is 1. The molecule has 0 aliphatic carbocycles. The highest BCUT2D eigenvalue weighted by molar-refractivity contribution is 5.83. The first-order valence-corrected chi connectivity index (χ1v) is 7.66. The Morgan fingerprint density at radius 2 is 1.92 bits per heavy atom. The van der Waals surface area contributed by atoms with Crippen molar-refractivity contribution in [1.82, 2.24) is 4.98 Å². The number of hydrogen-bond acceptors (Lipinski definition) is 4. The number of nitrogens with zero attached hydrogens (tertiary/aromatic N) is 3. The molecule has 1 heterocycles. The lowest BCUT2D eigenvalue weighted by Crippen LogP contribution is -2.25. The quantitative estimate of drug-likeness (QED) is 0.569. The monoisotopic (exact) mass is 336 g/mol. The zero-order valence-electron chi connectivity index (χ0n) is 13.5. The third-order valence-corrected chi connectivity index (χ3v) is 4.03. The molecule has 25 heavy (non-hydrogen) atoms. The van der Waals surface area contributed by atoms with E-state index in [0.717, 1.165) is 15.9 Å². The summed E-state index contributed by atoms with van der Waals surface area (Å²) in [6, 6.07) is 15.7. The summed E-state index contributed by atoms with van der Waals surface area (Å²) in [6.07, 6.45) is 1.45. The fourth-order valence-corrected chi connectivity index (χ4v) is 2.60. The second-order valence-corrected chi connectivity index (χ2v) is 5.65. The summed E-state index contributed by atoms with van der Waals surface area (Å²) in [5, 5.41) is 12.9. The molecule has 2 N–H and O–H groups in total. The lowest BCUT2D eigenvalue weighted by Gasteiger charge is -2.16. The van der Waals surface area contributed by atoms with E-state index in [1.807, 2.05) is 24.3 Å².